The number of anilines is 1. The van der Waals surface area contributed by atoms with Crippen molar-refractivity contribution in [2.24, 2.45) is 5.41 Å². The summed E-state index contributed by atoms with van der Waals surface area (Å²) in [5, 5.41) is 23.0. The van der Waals surface area contributed by atoms with E-state index in [2.05, 4.69) is 15.3 Å². The number of aromatic nitrogens is 2. The van der Waals surface area contributed by atoms with Crippen LogP contribution in [-0.2, 0) is 0 Å². The van der Waals surface area contributed by atoms with Crippen LogP contribution in [-0.4, -0.2) is 40.3 Å². The molecule has 2 rings (SSSR count). The van der Waals surface area contributed by atoms with E-state index in [9.17, 15) is 15.2 Å². The predicted octanol–water partition coefficient (Wildman–Crippen LogP) is 0.578. The van der Waals surface area contributed by atoms with Gasteiger partial charge in [0.2, 0.25) is 5.82 Å². The largest absolute Gasteiger partial charge is 0.476 e. The molecule has 2 N–H and O–H groups in total. The van der Waals surface area contributed by atoms with Crippen LogP contribution in [0.15, 0.2) is 6.33 Å². The maximum atomic E-state index is 11.0. The molecule has 1 aliphatic rings. The van der Waals surface area contributed by atoms with Crippen molar-refractivity contribution in [3.05, 3.63) is 16.4 Å². The van der Waals surface area contributed by atoms with Crippen molar-refractivity contribution in [2.75, 3.05) is 25.6 Å². The topological polar surface area (TPSA) is 110 Å². The van der Waals surface area contributed by atoms with Gasteiger partial charge in [-0.3, -0.25) is 10.1 Å². The Labute approximate surface area is 103 Å². The molecule has 8 heteroatoms. The van der Waals surface area contributed by atoms with Crippen LogP contribution in [0.1, 0.15) is 12.8 Å². The summed E-state index contributed by atoms with van der Waals surface area (Å²) >= 11 is 0. The average Bonchev–Trinajstić information content (AvgIpc) is 3.16. The van der Waals surface area contributed by atoms with Crippen LogP contribution in [0.2, 0.25) is 0 Å². The van der Waals surface area contributed by atoms with Gasteiger partial charge in [0.25, 0.3) is 5.88 Å². The van der Waals surface area contributed by atoms with Gasteiger partial charge >= 0.3 is 5.69 Å². The Morgan fingerprint density at radius 3 is 2.83 bits per heavy atom. The Balaban J connectivity index is 2.19. The molecule has 18 heavy (non-hydrogen) atoms. The van der Waals surface area contributed by atoms with Gasteiger partial charge in [0.15, 0.2) is 0 Å². The first-order valence-corrected chi connectivity index (χ1v) is 5.50. The minimum atomic E-state index is -0.584. The van der Waals surface area contributed by atoms with Gasteiger partial charge in [-0.05, 0) is 12.8 Å². The molecule has 0 aromatic carbocycles. The lowest BCUT2D eigenvalue weighted by atomic mass is 10.1. The van der Waals surface area contributed by atoms with Crippen molar-refractivity contribution < 1.29 is 14.8 Å². The monoisotopic (exact) mass is 254 g/mol. The Hall–Kier alpha value is -1.96. The Morgan fingerprint density at radius 1 is 1.61 bits per heavy atom. The zero-order valence-corrected chi connectivity index (χ0v) is 9.92. The zero-order chi connectivity index (χ0) is 13.2. The Morgan fingerprint density at radius 2 is 2.33 bits per heavy atom. The van der Waals surface area contributed by atoms with E-state index in [0.717, 1.165) is 12.8 Å². The molecule has 1 fully saturated rings. The van der Waals surface area contributed by atoms with Gasteiger partial charge in [0, 0.05) is 12.0 Å². The van der Waals surface area contributed by atoms with Crippen LogP contribution in [0.4, 0.5) is 11.5 Å². The molecule has 0 bridgehead atoms. The number of aliphatic hydroxyl groups excluding tert-OH is 1. The van der Waals surface area contributed by atoms with Gasteiger partial charge < -0.3 is 15.2 Å². The summed E-state index contributed by atoms with van der Waals surface area (Å²) in [5.41, 5.74) is -0.444. The van der Waals surface area contributed by atoms with Crippen LogP contribution in [0.25, 0.3) is 0 Å². The molecule has 1 aliphatic carbocycles. The highest BCUT2D eigenvalue weighted by molar-refractivity contribution is 5.61. The molecule has 0 amide bonds. The Bertz CT molecular complexity index is 461. The zero-order valence-electron chi connectivity index (χ0n) is 9.92. The molecule has 0 aliphatic heterocycles. The van der Waals surface area contributed by atoms with E-state index in [1.54, 1.807) is 0 Å². The third-order valence-electron chi connectivity index (χ3n) is 3.09. The number of aliphatic hydroxyl groups is 1. The van der Waals surface area contributed by atoms with Crippen molar-refractivity contribution in [1.29, 1.82) is 0 Å². The summed E-state index contributed by atoms with van der Waals surface area (Å²) < 4.78 is 4.84. The summed E-state index contributed by atoms with van der Waals surface area (Å²) in [7, 11) is 1.31. The molecule has 8 nitrogen and oxygen atoms in total. The lowest BCUT2D eigenvalue weighted by Crippen LogP contribution is -2.20. The van der Waals surface area contributed by atoms with Crippen LogP contribution in [0.5, 0.6) is 5.88 Å². The van der Waals surface area contributed by atoms with Crippen LogP contribution < -0.4 is 10.1 Å². The molecule has 0 radical (unpaired) electrons. The number of nitrogens with zero attached hydrogens (tertiary/aromatic N) is 3. The van der Waals surface area contributed by atoms with Gasteiger partial charge in [-0.2, -0.15) is 4.98 Å². The lowest BCUT2D eigenvalue weighted by Gasteiger charge is -2.13. The second-order valence-electron chi connectivity index (χ2n) is 4.35. The van der Waals surface area contributed by atoms with Crippen molar-refractivity contribution in [1.82, 2.24) is 9.97 Å². The second-order valence-corrected chi connectivity index (χ2v) is 4.35. The van der Waals surface area contributed by atoms with Gasteiger partial charge in [-0.25, -0.2) is 4.98 Å². The first kappa shape index (κ1) is 12.5. The fraction of sp³-hybridized carbons (Fsp3) is 0.600. The number of rotatable bonds is 6. The van der Waals surface area contributed by atoms with E-state index in [-0.39, 0.29) is 29.4 Å². The second kappa shape index (κ2) is 4.73. The first-order chi connectivity index (χ1) is 8.62. The van der Waals surface area contributed by atoms with E-state index in [4.69, 9.17) is 4.74 Å². The maximum Gasteiger partial charge on any atom is 0.372 e. The minimum Gasteiger partial charge on any atom is -0.476 e. The molecule has 0 atom stereocenters. The fourth-order valence-electron chi connectivity index (χ4n) is 1.64. The first-order valence-electron chi connectivity index (χ1n) is 5.50. The minimum absolute atomic E-state index is 0.0655. The molecular formula is C10H14N4O4. The van der Waals surface area contributed by atoms with E-state index in [0.29, 0.717) is 6.54 Å². The number of nitrogens with one attached hydrogen (secondary N) is 1. The van der Waals surface area contributed by atoms with Gasteiger partial charge in [0.05, 0.1) is 18.6 Å². The summed E-state index contributed by atoms with van der Waals surface area (Å²) in [6.45, 7) is 0.514. The molecular weight excluding hydrogens is 240 g/mol. The summed E-state index contributed by atoms with van der Waals surface area (Å²) in [6, 6.07) is 0. The third-order valence-corrected chi connectivity index (χ3v) is 3.09. The number of methoxy groups -OCH3 is 1. The molecule has 1 saturated carbocycles. The highest BCUT2D eigenvalue weighted by Gasteiger charge is 2.42. The third kappa shape index (κ3) is 2.33. The van der Waals surface area contributed by atoms with Gasteiger partial charge in [-0.1, -0.05) is 0 Å². The molecule has 0 spiro atoms. The van der Waals surface area contributed by atoms with E-state index in [1.165, 1.54) is 13.4 Å². The fourth-order valence-corrected chi connectivity index (χ4v) is 1.64. The maximum absolute atomic E-state index is 11.0. The molecule has 1 heterocycles. The number of nitro groups is 1. The van der Waals surface area contributed by atoms with Gasteiger partial charge in [0.1, 0.15) is 6.33 Å². The number of hydrogen-bond acceptors (Lipinski definition) is 7. The molecule has 1 aromatic rings. The molecule has 0 unspecified atom stereocenters. The number of ether oxygens (including phenoxy) is 1. The van der Waals surface area contributed by atoms with Crippen LogP contribution in [0, 0.1) is 15.5 Å². The molecule has 98 valence electrons. The molecule has 0 saturated heterocycles. The van der Waals surface area contributed by atoms with Crippen LogP contribution in [0.3, 0.4) is 0 Å². The standard InChI is InChI=1S/C10H14N4O4/c1-18-9-7(14(16)17)8(12-6-13-9)11-4-10(5-15)2-3-10/h6,15H,2-5H2,1H3,(H,11,12,13). The van der Waals surface area contributed by atoms with Crippen LogP contribution >= 0.6 is 0 Å². The normalized spacial score (nSPS) is 16.1. The van der Waals surface area contributed by atoms with Crippen molar-refractivity contribution >= 4 is 11.5 Å². The highest BCUT2D eigenvalue weighted by atomic mass is 16.6. The SMILES string of the molecule is COc1ncnc(NCC2(CO)CC2)c1[N+](=O)[O-]. The van der Waals surface area contributed by atoms with Crippen molar-refractivity contribution in [3.8, 4) is 5.88 Å². The van der Waals surface area contributed by atoms with E-state index >= 15 is 0 Å². The number of hydrogen-bond donors (Lipinski definition) is 2. The van der Waals surface area contributed by atoms with E-state index in [1.807, 2.05) is 0 Å². The quantitative estimate of drug-likeness (QED) is 0.564. The van der Waals surface area contributed by atoms with E-state index < -0.39 is 4.92 Å². The van der Waals surface area contributed by atoms with Gasteiger partial charge in [-0.15, -0.1) is 0 Å². The highest BCUT2D eigenvalue weighted by Crippen LogP contribution is 2.45. The smallest absolute Gasteiger partial charge is 0.372 e. The summed E-state index contributed by atoms with van der Waals surface area (Å²) in [4.78, 5) is 17.9. The van der Waals surface area contributed by atoms with Crippen molar-refractivity contribution in [3.63, 3.8) is 0 Å². The summed E-state index contributed by atoms with van der Waals surface area (Å²) in [6.07, 6.45) is 3.02. The summed E-state index contributed by atoms with van der Waals surface area (Å²) in [5.74, 6) is 0.0397. The van der Waals surface area contributed by atoms with Crippen molar-refractivity contribution in [2.45, 2.75) is 12.8 Å². The molecule has 1 aromatic heterocycles. The predicted molar refractivity (Wildman–Crippen MR) is 62.5 cm³/mol. The Kier molecular flexibility index (Phi) is 3.28. The lowest BCUT2D eigenvalue weighted by molar-refractivity contribution is -0.385. The average molecular weight is 254 g/mol.